The summed E-state index contributed by atoms with van der Waals surface area (Å²) < 4.78 is 6.06. The summed E-state index contributed by atoms with van der Waals surface area (Å²) in [7, 11) is 0. The Hall–Kier alpha value is -2.89. The van der Waals surface area contributed by atoms with Crippen molar-refractivity contribution in [3.8, 4) is 0 Å². The molecular weight excluding hydrogens is 422 g/mol. The van der Waals surface area contributed by atoms with Gasteiger partial charge in [-0.15, -0.1) is 0 Å². The Morgan fingerprint density at radius 3 is 2.18 bits per heavy atom. The van der Waals surface area contributed by atoms with Gasteiger partial charge in [0.1, 0.15) is 5.76 Å². The van der Waals surface area contributed by atoms with Crippen LogP contribution in [0.3, 0.4) is 0 Å². The summed E-state index contributed by atoms with van der Waals surface area (Å²) in [4.78, 5) is 19.8. The number of piperazine rings is 1. The van der Waals surface area contributed by atoms with Crippen LogP contribution in [0.4, 0.5) is 0 Å². The van der Waals surface area contributed by atoms with Gasteiger partial charge in [0.2, 0.25) is 0 Å². The van der Waals surface area contributed by atoms with Crippen molar-refractivity contribution in [1.29, 1.82) is 0 Å². The zero-order valence-electron chi connectivity index (χ0n) is 21.0. The van der Waals surface area contributed by atoms with E-state index < -0.39 is 0 Å². The molecule has 5 nitrogen and oxygen atoms in total. The van der Waals surface area contributed by atoms with Crippen LogP contribution in [0.5, 0.6) is 0 Å². The highest BCUT2D eigenvalue weighted by Gasteiger charge is 2.26. The fraction of sp³-hybridized carbons (Fsp3) is 0.414. The Morgan fingerprint density at radius 2 is 1.53 bits per heavy atom. The predicted octanol–water partition coefficient (Wildman–Crippen LogP) is 5.35. The number of rotatable bonds is 7. The van der Waals surface area contributed by atoms with Gasteiger partial charge in [0, 0.05) is 44.8 Å². The molecule has 1 aromatic heterocycles. The maximum atomic E-state index is 13.1. The number of aryl methyl sites for hydroxylation is 1. The third kappa shape index (κ3) is 6.37. The number of carbonyl (C=O) groups is 1. The summed E-state index contributed by atoms with van der Waals surface area (Å²) in [5, 5.41) is 0. The molecule has 0 aliphatic carbocycles. The molecule has 0 bridgehead atoms. The second-order valence-corrected chi connectivity index (χ2v) is 10.3. The first-order chi connectivity index (χ1) is 16.3. The van der Waals surface area contributed by atoms with Crippen LogP contribution in [0.25, 0.3) is 0 Å². The molecule has 2 aromatic carbocycles. The minimum Gasteiger partial charge on any atom is -0.455 e. The standard InChI is InChI=1S/C29H37N3O2/c1-23-10-12-25(13-11-23)21-32(29(2,3)4)22-26-14-15-27(34-26)28(33)31-18-16-30(17-19-31)20-24-8-6-5-7-9-24/h5-15H,16-22H2,1-4H3. The SMILES string of the molecule is Cc1ccc(CN(Cc2ccc(C(=O)N3CCN(Cc4ccccc4)CC3)o2)C(C)(C)C)cc1. The average Bonchev–Trinajstić information content (AvgIpc) is 3.29. The summed E-state index contributed by atoms with van der Waals surface area (Å²) in [6.45, 7) is 14.4. The molecule has 0 saturated carbocycles. The fourth-order valence-corrected chi connectivity index (χ4v) is 4.32. The second-order valence-electron chi connectivity index (χ2n) is 10.3. The van der Waals surface area contributed by atoms with E-state index in [2.05, 4.69) is 86.0 Å². The lowest BCUT2D eigenvalue weighted by Crippen LogP contribution is -2.48. The van der Waals surface area contributed by atoms with Crippen LogP contribution >= 0.6 is 0 Å². The lowest BCUT2D eigenvalue weighted by molar-refractivity contribution is 0.0589. The summed E-state index contributed by atoms with van der Waals surface area (Å²) >= 11 is 0. The minimum atomic E-state index is -0.0308. The Morgan fingerprint density at radius 1 is 0.853 bits per heavy atom. The van der Waals surface area contributed by atoms with Crippen molar-refractivity contribution >= 4 is 5.91 Å². The number of carbonyl (C=O) groups excluding carboxylic acids is 1. The monoisotopic (exact) mass is 459 g/mol. The number of furan rings is 1. The van der Waals surface area contributed by atoms with E-state index in [4.69, 9.17) is 4.42 Å². The minimum absolute atomic E-state index is 0.00791. The van der Waals surface area contributed by atoms with Gasteiger partial charge in [-0.1, -0.05) is 60.2 Å². The number of hydrogen-bond acceptors (Lipinski definition) is 4. The molecular formula is C29H37N3O2. The van der Waals surface area contributed by atoms with E-state index in [1.807, 2.05) is 23.1 Å². The summed E-state index contributed by atoms with van der Waals surface area (Å²) in [6.07, 6.45) is 0. The van der Waals surface area contributed by atoms with Crippen LogP contribution in [0.2, 0.25) is 0 Å². The molecule has 0 unspecified atom stereocenters. The first-order valence-electron chi connectivity index (χ1n) is 12.2. The molecule has 5 heteroatoms. The van der Waals surface area contributed by atoms with Gasteiger partial charge >= 0.3 is 0 Å². The van der Waals surface area contributed by atoms with Gasteiger partial charge in [-0.3, -0.25) is 14.6 Å². The van der Waals surface area contributed by atoms with Crippen molar-refractivity contribution < 1.29 is 9.21 Å². The topological polar surface area (TPSA) is 39.9 Å². The number of benzene rings is 2. The van der Waals surface area contributed by atoms with Crippen LogP contribution in [0.1, 0.15) is 53.8 Å². The Bertz CT molecular complexity index is 1060. The lowest BCUT2D eigenvalue weighted by Gasteiger charge is -2.35. The molecule has 0 N–H and O–H groups in total. The third-order valence-corrected chi connectivity index (χ3v) is 6.57. The second kappa shape index (κ2) is 10.6. The number of nitrogens with zero attached hydrogens (tertiary/aromatic N) is 3. The Labute approximate surface area is 204 Å². The first-order valence-corrected chi connectivity index (χ1v) is 12.2. The molecule has 34 heavy (non-hydrogen) atoms. The molecule has 1 amide bonds. The number of hydrogen-bond donors (Lipinski definition) is 0. The van der Waals surface area contributed by atoms with Crippen molar-refractivity contribution in [2.45, 2.75) is 52.9 Å². The quantitative estimate of drug-likeness (QED) is 0.478. The van der Waals surface area contributed by atoms with Crippen molar-refractivity contribution in [2.24, 2.45) is 0 Å². The predicted molar refractivity (Wildman–Crippen MR) is 137 cm³/mol. The molecule has 1 aliphatic rings. The van der Waals surface area contributed by atoms with Gasteiger partial charge in [-0.2, -0.15) is 0 Å². The van der Waals surface area contributed by atoms with Crippen molar-refractivity contribution in [3.05, 3.63) is 94.9 Å². The summed E-state index contributed by atoms with van der Waals surface area (Å²) in [6, 6.07) is 23.0. The molecule has 3 aromatic rings. The lowest BCUT2D eigenvalue weighted by atomic mass is 10.0. The van der Waals surface area contributed by atoms with E-state index in [0.717, 1.165) is 45.0 Å². The van der Waals surface area contributed by atoms with E-state index in [9.17, 15) is 4.79 Å². The van der Waals surface area contributed by atoms with Crippen LogP contribution < -0.4 is 0 Å². The average molecular weight is 460 g/mol. The zero-order chi connectivity index (χ0) is 24.1. The van der Waals surface area contributed by atoms with Gasteiger partial charge in [-0.25, -0.2) is 0 Å². The normalized spacial score (nSPS) is 15.1. The number of amides is 1. The first kappa shape index (κ1) is 24.2. The van der Waals surface area contributed by atoms with Crippen molar-refractivity contribution in [1.82, 2.24) is 14.7 Å². The van der Waals surface area contributed by atoms with E-state index in [-0.39, 0.29) is 11.4 Å². The van der Waals surface area contributed by atoms with E-state index in [0.29, 0.717) is 12.3 Å². The van der Waals surface area contributed by atoms with Gasteiger partial charge in [0.15, 0.2) is 5.76 Å². The van der Waals surface area contributed by atoms with Crippen LogP contribution in [-0.4, -0.2) is 52.3 Å². The van der Waals surface area contributed by atoms with Crippen molar-refractivity contribution in [2.75, 3.05) is 26.2 Å². The highest BCUT2D eigenvalue weighted by atomic mass is 16.4. The Kier molecular flexibility index (Phi) is 7.54. The molecule has 1 saturated heterocycles. The maximum Gasteiger partial charge on any atom is 0.289 e. The van der Waals surface area contributed by atoms with Gasteiger partial charge in [0.05, 0.1) is 6.54 Å². The van der Waals surface area contributed by atoms with Gasteiger partial charge in [0.25, 0.3) is 5.91 Å². The van der Waals surface area contributed by atoms with E-state index in [1.54, 1.807) is 0 Å². The molecule has 4 rings (SSSR count). The fourth-order valence-electron chi connectivity index (χ4n) is 4.32. The molecule has 2 heterocycles. The van der Waals surface area contributed by atoms with Gasteiger partial charge < -0.3 is 9.32 Å². The molecule has 0 radical (unpaired) electrons. The van der Waals surface area contributed by atoms with Crippen LogP contribution in [0, 0.1) is 6.92 Å². The maximum absolute atomic E-state index is 13.1. The largest absolute Gasteiger partial charge is 0.455 e. The molecule has 1 aliphatic heterocycles. The van der Waals surface area contributed by atoms with Crippen molar-refractivity contribution in [3.63, 3.8) is 0 Å². The Balaban J connectivity index is 1.34. The summed E-state index contributed by atoms with van der Waals surface area (Å²) in [5.74, 6) is 1.26. The molecule has 1 fully saturated rings. The van der Waals surface area contributed by atoms with E-state index >= 15 is 0 Å². The highest BCUT2D eigenvalue weighted by Crippen LogP contribution is 2.23. The molecule has 180 valence electrons. The summed E-state index contributed by atoms with van der Waals surface area (Å²) in [5.41, 5.74) is 3.82. The third-order valence-electron chi connectivity index (χ3n) is 6.57. The smallest absolute Gasteiger partial charge is 0.289 e. The zero-order valence-corrected chi connectivity index (χ0v) is 21.0. The molecule has 0 atom stereocenters. The van der Waals surface area contributed by atoms with E-state index in [1.165, 1.54) is 16.7 Å². The highest BCUT2D eigenvalue weighted by molar-refractivity contribution is 5.91. The van der Waals surface area contributed by atoms with Gasteiger partial charge in [-0.05, 0) is 51.0 Å². The van der Waals surface area contributed by atoms with Crippen LogP contribution in [-0.2, 0) is 19.6 Å². The van der Waals surface area contributed by atoms with Crippen LogP contribution in [0.15, 0.2) is 71.1 Å². The molecule has 0 spiro atoms.